The van der Waals surface area contributed by atoms with Gasteiger partial charge in [0, 0.05) is 17.3 Å². The van der Waals surface area contributed by atoms with Crippen LogP contribution in [0.25, 0.3) is 11.1 Å². The van der Waals surface area contributed by atoms with E-state index in [-0.39, 0.29) is 22.6 Å². The monoisotopic (exact) mass is 380 g/mol. The number of pyridine rings is 1. The van der Waals surface area contributed by atoms with Crippen LogP contribution < -0.4 is 4.74 Å². The first kappa shape index (κ1) is 20.0. The van der Waals surface area contributed by atoms with Gasteiger partial charge in [0.2, 0.25) is 5.88 Å². The zero-order valence-corrected chi connectivity index (χ0v) is 13.8. The van der Waals surface area contributed by atoms with Crippen molar-refractivity contribution < 1.29 is 35.5 Å². The first-order chi connectivity index (χ1) is 11.8. The fourth-order valence-electron chi connectivity index (χ4n) is 2.71. The molecular weight excluding hydrogens is 367 g/mol. The molecule has 0 amide bonds. The predicted molar refractivity (Wildman–Crippen MR) is 79.4 cm³/mol. The van der Waals surface area contributed by atoms with Gasteiger partial charge in [0.1, 0.15) is 0 Å². The highest BCUT2D eigenvalue weighted by Crippen LogP contribution is 2.56. The number of hydrogen-bond donors (Lipinski definition) is 0. The van der Waals surface area contributed by atoms with Crippen LogP contribution in [0.15, 0.2) is 24.4 Å². The molecule has 0 bridgehead atoms. The summed E-state index contributed by atoms with van der Waals surface area (Å²) in [5.74, 6) is -0.235. The highest BCUT2D eigenvalue weighted by atomic mass is 19.4. The van der Waals surface area contributed by atoms with E-state index in [0.29, 0.717) is 6.07 Å². The lowest BCUT2D eigenvalue weighted by Crippen LogP contribution is -2.50. The van der Waals surface area contributed by atoms with Crippen molar-refractivity contribution in [2.45, 2.75) is 31.9 Å². The molecular formula is C17H13F7NO. The summed E-state index contributed by atoms with van der Waals surface area (Å²) < 4.78 is 99.3. The van der Waals surface area contributed by atoms with Crippen molar-refractivity contribution in [3.63, 3.8) is 0 Å². The van der Waals surface area contributed by atoms with E-state index >= 15 is 0 Å². The minimum atomic E-state index is -6.23. The SMILES string of the molecule is COc1ncccc1-c1c(C)[c]c(C)cc1C(F)(C(F)(F)F)C(F)(F)F. The number of halogens is 7. The Kier molecular flexibility index (Phi) is 4.95. The van der Waals surface area contributed by atoms with Gasteiger partial charge in [-0.3, -0.25) is 0 Å². The van der Waals surface area contributed by atoms with Crippen molar-refractivity contribution in [3.05, 3.63) is 47.2 Å². The lowest BCUT2D eigenvalue weighted by molar-refractivity contribution is -0.348. The van der Waals surface area contributed by atoms with Crippen molar-refractivity contribution >= 4 is 0 Å². The van der Waals surface area contributed by atoms with Crippen LogP contribution in [0.2, 0.25) is 0 Å². The maximum atomic E-state index is 14.8. The third kappa shape index (κ3) is 3.10. The number of aryl methyl sites for hydroxylation is 2. The Labute approximate surface area is 144 Å². The van der Waals surface area contributed by atoms with Crippen LogP contribution in [-0.4, -0.2) is 24.4 Å². The first-order valence-electron chi connectivity index (χ1n) is 7.20. The van der Waals surface area contributed by atoms with E-state index in [0.717, 1.165) is 7.11 Å². The molecule has 2 aromatic rings. The molecule has 1 heterocycles. The average molecular weight is 380 g/mol. The predicted octanol–water partition coefficient (Wildman–Crippen LogP) is 5.46. The van der Waals surface area contributed by atoms with Gasteiger partial charge in [-0.2, -0.15) is 26.3 Å². The second kappa shape index (κ2) is 6.44. The third-order valence-corrected chi connectivity index (χ3v) is 3.78. The molecule has 0 N–H and O–H groups in total. The molecule has 141 valence electrons. The van der Waals surface area contributed by atoms with Crippen LogP contribution in [0, 0.1) is 19.9 Å². The van der Waals surface area contributed by atoms with Gasteiger partial charge in [0.15, 0.2) is 0 Å². The summed E-state index contributed by atoms with van der Waals surface area (Å²) >= 11 is 0. The molecule has 1 radical (unpaired) electrons. The van der Waals surface area contributed by atoms with Crippen molar-refractivity contribution in [1.82, 2.24) is 4.98 Å². The molecule has 9 heteroatoms. The highest BCUT2D eigenvalue weighted by Gasteiger charge is 2.74. The fourth-order valence-corrected chi connectivity index (χ4v) is 2.71. The zero-order valence-electron chi connectivity index (χ0n) is 13.8. The van der Waals surface area contributed by atoms with E-state index in [9.17, 15) is 30.7 Å². The second-order valence-electron chi connectivity index (χ2n) is 5.58. The van der Waals surface area contributed by atoms with Gasteiger partial charge in [-0.15, -0.1) is 0 Å². The summed E-state index contributed by atoms with van der Waals surface area (Å²) in [5, 5.41) is 0. The molecule has 0 aliphatic heterocycles. The minimum absolute atomic E-state index is 0.0698. The number of methoxy groups -OCH3 is 1. The molecule has 0 atom stereocenters. The van der Waals surface area contributed by atoms with Gasteiger partial charge in [-0.1, -0.05) is 6.07 Å². The molecule has 1 aromatic heterocycles. The molecule has 0 saturated heterocycles. The summed E-state index contributed by atoms with van der Waals surface area (Å²) in [6, 6.07) is 5.61. The smallest absolute Gasteiger partial charge is 0.435 e. The van der Waals surface area contributed by atoms with Crippen LogP contribution in [0.1, 0.15) is 16.7 Å². The van der Waals surface area contributed by atoms with Crippen molar-refractivity contribution in [2.75, 3.05) is 7.11 Å². The van der Waals surface area contributed by atoms with E-state index in [1.807, 2.05) is 0 Å². The van der Waals surface area contributed by atoms with Crippen molar-refractivity contribution in [3.8, 4) is 17.0 Å². The Bertz CT molecular complexity index is 798. The maximum Gasteiger partial charge on any atom is 0.435 e. The number of rotatable bonds is 3. The minimum Gasteiger partial charge on any atom is -0.481 e. The summed E-state index contributed by atoms with van der Waals surface area (Å²) in [4.78, 5) is 3.76. The topological polar surface area (TPSA) is 22.1 Å². The summed E-state index contributed by atoms with van der Waals surface area (Å²) in [7, 11) is 1.15. The number of ether oxygens (including phenoxy) is 1. The van der Waals surface area contributed by atoms with Crippen LogP contribution in [0.3, 0.4) is 0 Å². The lowest BCUT2D eigenvalue weighted by atomic mass is 9.83. The Balaban J connectivity index is 2.98. The maximum absolute atomic E-state index is 14.8. The number of hydrogen-bond acceptors (Lipinski definition) is 2. The molecule has 0 fully saturated rings. The lowest BCUT2D eigenvalue weighted by Gasteiger charge is -2.32. The Morgan fingerprint density at radius 1 is 1.00 bits per heavy atom. The Morgan fingerprint density at radius 2 is 1.58 bits per heavy atom. The Morgan fingerprint density at radius 3 is 2.08 bits per heavy atom. The van der Waals surface area contributed by atoms with Crippen LogP contribution in [0.5, 0.6) is 5.88 Å². The number of benzene rings is 1. The van der Waals surface area contributed by atoms with Gasteiger partial charge in [0.05, 0.1) is 7.11 Å². The summed E-state index contributed by atoms with van der Waals surface area (Å²) in [6.07, 6.45) is -11.2. The third-order valence-electron chi connectivity index (χ3n) is 3.78. The van der Waals surface area contributed by atoms with Crippen LogP contribution in [0.4, 0.5) is 30.7 Å². The van der Waals surface area contributed by atoms with Crippen molar-refractivity contribution in [1.29, 1.82) is 0 Å². The molecule has 0 spiro atoms. The van der Waals surface area contributed by atoms with Crippen LogP contribution in [-0.2, 0) is 5.67 Å². The quantitative estimate of drug-likeness (QED) is 0.660. The molecule has 2 nitrogen and oxygen atoms in total. The number of alkyl halides is 7. The molecule has 0 aliphatic carbocycles. The normalized spacial score (nSPS) is 13.0. The Hall–Kier alpha value is -2.32. The zero-order chi connectivity index (χ0) is 19.9. The molecule has 0 aliphatic rings. The standard InChI is InChI=1S/C17H13F7NO/c1-9-7-10(2)13(11-5-4-6-25-14(11)26-3)12(8-9)15(18,16(19,20)21)17(22,23)24/h4-6,8H,1-3H3. The van der Waals surface area contributed by atoms with Gasteiger partial charge < -0.3 is 4.74 Å². The molecule has 26 heavy (non-hydrogen) atoms. The summed E-state index contributed by atoms with van der Waals surface area (Å²) in [5.41, 5.74) is -8.12. The highest BCUT2D eigenvalue weighted by molar-refractivity contribution is 5.76. The first-order valence-corrected chi connectivity index (χ1v) is 7.20. The van der Waals surface area contributed by atoms with E-state index in [2.05, 4.69) is 11.1 Å². The molecule has 0 unspecified atom stereocenters. The fraction of sp³-hybridized carbons (Fsp3) is 0.353. The van der Waals surface area contributed by atoms with Gasteiger partial charge in [-0.05, 0) is 48.7 Å². The van der Waals surface area contributed by atoms with E-state index < -0.39 is 29.1 Å². The molecule has 0 saturated carbocycles. The van der Waals surface area contributed by atoms with E-state index in [4.69, 9.17) is 4.74 Å². The number of nitrogens with zero attached hydrogens (tertiary/aromatic N) is 1. The second-order valence-corrected chi connectivity index (χ2v) is 5.58. The van der Waals surface area contributed by atoms with E-state index in [1.54, 1.807) is 0 Å². The summed E-state index contributed by atoms with van der Waals surface area (Å²) in [6.45, 7) is 2.47. The van der Waals surface area contributed by atoms with Gasteiger partial charge >= 0.3 is 18.0 Å². The molecule has 1 aromatic carbocycles. The molecule has 2 rings (SSSR count). The van der Waals surface area contributed by atoms with Crippen LogP contribution >= 0.6 is 0 Å². The van der Waals surface area contributed by atoms with Crippen molar-refractivity contribution in [2.24, 2.45) is 0 Å². The van der Waals surface area contributed by atoms with E-state index in [1.165, 1.54) is 32.2 Å². The average Bonchev–Trinajstić information content (AvgIpc) is 2.51. The van der Waals surface area contributed by atoms with Gasteiger partial charge in [0.25, 0.3) is 0 Å². The number of aromatic nitrogens is 1. The van der Waals surface area contributed by atoms with Gasteiger partial charge in [-0.25, -0.2) is 9.37 Å². The largest absolute Gasteiger partial charge is 0.481 e.